The number of aliphatic hydroxyl groups is 1. The topological polar surface area (TPSA) is 57.6 Å². The highest BCUT2D eigenvalue weighted by molar-refractivity contribution is 5.21. The molecule has 17 heavy (non-hydrogen) atoms. The first-order chi connectivity index (χ1) is 8.35. The van der Waals surface area contributed by atoms with E-state index in [0.717, 1.165) is 31.7 Å². The number of rotatable bonds is 4. The third kappa shape index (κ3) is 2.94. The normalized spacial score (nSPS) is 18.9. The summed E-state index contributed by atoms with van der Waals surface area (Å²) in [4.78, 5) is 6.46. The number of aromatic nitrogens is 1. The highest BCUT2D eigenvalue weighted by Crippen LogP contribution is 2.21. The van der Waals surface area contributed by atoms with E-state index in [9.17, 15) is 5.11 Å². The van der Waals surface area contributed by atoms with Gasteiger partial charge in [-0.3, -0.25) is 4.90 Å². The molecule has 1 aromatic heterocycles. The average Bonchev–Trinajstić information content (AvgIpc) is 2.42. The Morgan fingerprint density at radius 3 is 2.76 bits per heavy atom. The molecule has 1 aliphatic heterocycles. The van der Waals surface area contributed by atoms with Crippen molar-refractivity contribution in [3.63, 3.8) is 0 Å². The maximum atomic E-state index is 9.54. The van der Waals surface area contributed by atoms with E-state index in [1.165, 1.54) is 0 Å². The number of nitrogens with zero attached hydrogens (tertiary/aromatic N) is 2. The molecule has 5 nitrogen and oxygen atoms in total. The number of methoxy groups -OCH3 is 1. The molecule has 0 amide bonds. The van der Waals surface area contributed by atoms with E-state index in [2.05, 4.69) is 15.2 Å². The van der Waals surface area contributed by atoms with E-state index in [0.29, 0.717) is 5.88 Å². The molecule has 1 aromatic rings. The lowest BCUT2D eigenvalue weighted by atomic mass is 10.1. The quantitative estimate of drug-likeness (QED) is 0.773. The van der Waals surface area contributed by atoms with Gasteiger partial charge in [0.1, 0.15) is 0 Å². The van der Waals surface area contributed by atoms with Crippen molar-refractivity contribution in [2.75, 3.05) is 39.9 Å². The molecule has 94 valence electrons. The van der Waals surface area contributed by atoms with Crippen molar-refractivity contribution in [1.29, 1.82) is 0 Å². The van der Waals surface area contributed by atoms with Crippen molar-refractivity contribution < 1.29 is 9.84 Å². The second-order valence-corrected chi connectivity index (χ2v) is 4.12. The molecule has 2 rings (SSSR count). The molecule has 0 bridgehead atoms. The van der Waals surface area contributed by atoms with Gasteiger partial charge in [-0.15, -0.1) is 0 Å². The van der Waals surface area contributed by atoms with Gasteiger partial charge in [-0.05, 0) is 5.56 Å². The summed E-state index contributed by atoms with van der Waals surface area (Å²) >= 11 is 0. The molecule has 0 saturated carbocycles. The Hall–Kier alpha value is -1.17. The van der Waals surface area contributed by atoms with E-state index in [1.807, 2.05) is 12.1 Å². The van der Waals surface area contributed by atoms with Gasteiger partial charge >= 0.3 is 0 Å². The molecule has 2 heterocycles. The van der Waals surface area contributed by atoms with Gasteiger partial charge in [0.25, 0.3) is 0 Å². The van der Waals surface area contributed by atoms with E-state index < -0.39 is 0 Å². The Balaban J connectivity index is 2.10. The van der Waals surface area contributed by atoms with Crippen molar-refractivity contribution in [2.45, 2.75) is 6.04 Å². The smallest absolute Gasteiger partial charge is 0.212 e. The summed E-state index contributed by atoms with van der Waals surface area (Å²) in [5.41, 5.74) is 1.04. The first-order valence-corrected chi connectivity index (χ1v) is 5.90. The maximum absolute atomic E-state index is 9.54. The van der Waals surface area contributed by atoms with Crippen molar-refractivity contribution in [3.8, 4) is 5.88 Å². The molecule has 0 aliphatic carbocycles. The number of nitrogens with one attached hydrogen (secondary N) is 1. The second kappa shape index (κ2) is 5.95. The summed E-state index contributed by atoms with van der Waals surface area (Å²) in [6.45, 7) is 3.97. The highest BCUT2D eigenvalue weighted by atomic mass is 16.5. The first-order valence-electron chi connectivity index (χ1n) is 5.90. The first kappa shape index (κ1) is 12.3. The average molecular weight is 237 g/mol. The van der Waals surface area contributed by atoms with Gasteiger partial charge in [-0.2, -0.15) is 0 Å². The van der Waals surface area contributed by atoms with Crippen LogP contribution in [0.15, 0.2) is 18.3 Å². The molecule has 1 atom stereocenters. The number of ether oxygens (including phenoxy) is 1. The zero-order valence-corrected chi connectivity index (χ0v) is 10.1. The molecule has 5 heteroatoms. The number of hydrogen-bond acceptors (Lipinski definition) is 5. The minimum Gasteiger partial charge on any atom is -0.481 e. The third-order valence-electron chi connectivity index (χ3n) is 3.12. The van der Waals surface area contributed by atoms with Gasteiger partial charge in [0.15, 0.2) is 0 Å². The summed E-state index contributed by atoms with van der Waals surface area (Å²) in [6, 6.07) is 3.84. The van der Waals surface area contributed by atoms with Crippen LogP contribution in [-0.4, -0.2) is 54.9 Å². The van der Waals surface area contributed by atoms with Crippen molar-refractivity contribution in [2.24, 2.45) is 0 Å². The van der Waals surface area contributed by atoms with Crippen molar-refractivity contribution in [1.82, 2.24) is 15.2 Å². The fourth-order valence-corrected chi connectivity index (χ4v) is 2.14. The van der Waals surface area contributed by atoms with Crippen LogP contribution in [0.4, 0.5) is 0 Å². The van der Waals surface area contributed by atoms with Crippen LogP contribution >= 0.6 is 0 Å². The molecule has 0 spiro atoms. The van der Waals surface area contributed by atoms with Crippen LogP contribution in [0.3, 0.4) is 0 Å². The van der Waals surface area contributed by atoms with Gasteiger partial charge in [-0.25, -0.2) is 4.98 Å². The van der Waals surface area contributed by atoms with Gasteiger partial charge < -0.3 is 15.2 Å². The zero-order valence-electron chi connectivity index (χ0n) is 10.1. The van der Waals surface area contributed by atoms with Crippen LogP contribution in [0.5, 0.6) is 5.88 Å². The molecular formula is C12H19N3O2. The lowest BCUT2D eigenvalue weighted by Gasteiger charge is -2.33. The van der Waals surface area contributed by atoms with Crippen LogP contribution in [0.25, 0.3) is 0 Å². The second-order valence-electron chi connectivity index (χ2n) is 4.12. The van der Waals surface area contributed by atoms with E-state index in [-0.39, 0.29) is 12.6 Å². The predicted octanol–water partition coefficient (Wildman–Crippen LogP) is 0.0288. The predicted molar refractivity (Wildman–Crippen MR) is 65.1 cm³/mol. The summed E-state index contributed by atoms with van der Waals surface area (Å²) in [5, 5.41) is 12.8. The van der Waals surface area contributed by atoms with Gasteiger partial charge in [0, 0.05) is 38.4 Å². The molecular weight excluding hydrogens is 218 g/mol. The van der Waals surface area contributed by atoms with Crippen LogP contribution < -0.4 is 10.1 Å². The van der Waals surface area contributed by atoms with Crippen LogP contribution in [-0.2, 0) is 0 Å². The largest absolute Gasteiger partial charge is 0.481 e. The number of piperazine rings is 1. The van der Waals surface area contributed by atoms with E-state index >= 15 is 0 Å². The summed E-state index contributed by atoms with van der Waals surface area (Å²) in [5.74, 6) is 0.603. The minimum absolute atomic E-state index is 0.0375. The van der Waals surface area contributed by atoms with Crippen LogP contribution in [0.1, 0.15) is 11.6 Å². The molecule has 0 aromatic carbocycles. The van der Waals surface area contributed by atoms with Gasteiger partial charge in [-0.1, -0.05) is 6.07 Å². The standard InChI is InChI=1S/C12H19N3O2/c1-17-12-3-2-10(8-14-12)11(9-16)15-6-4-13-5-7-15/h2-3,8,11,13,16H,4-7,9H2,1H3. The van der Waals surface area contributed by atoms with Gasteiger partial charge in [0.2, 0.25) is 5.88 Å². The Bertz CT molecular complexity index is 336. The highest BCUT2D eigenvalue weighted by Gasteiger charge is 2.21. The minimum atomic E-state index is 0.0375. The summed E-state index contributed by atoms with van der Waals surface area (Å²) in [7, 11) is 1.60. The van der Waals surface area contributed by atoms with Crippen LogP contribution in [0, 0.1) is 0 Å². The third-order valence-corrected chi connectivity index (χ3v) is 3.12. The van der Waals surface area contributed by atoms with E-state index in [4.69, 9.17) is 4.74 Å². The maximum Gasteiger partial charge on any atom is 0.212 e. The molecule has 2 N–H and O–H groups in total. The summed E-state index contributed by atoms with van der Waals surface area (Å²) < 4.78 is 5.03. The Morgan fingerprint density at radius 2 is 2.24 bits per heavy atom. The van der Waals surface area contributed by atoms with Gasteiger partial charge in [0.05, 0.1) is 19.8 Å². The van der Waals surface area contributed by atoms with Crippen molar-refractivity contribution in [3.05, 3.63) is 23.9 Å². The Labute approximate surface area is 101 Å². The SMILES string of the molecule is COc1ccc(C(CO)N2CCNCC2)cn1. The molecule has 1 saturated heterocycles. The lowest BCUT2D eigenvalue weighted by molar-refractivity contribution is 0.110. The Morgan fingerprint density at radius 1 is 1.47 bits per heavy atom. The molecule has 1 unspecified atom stereocenters. The van der Waals surface area contributed by atoms with E-state index in [1.54, 1.807) is 13.3 Å². The van der Waals surface area contributed by atoms with Crippen molar-refractivity contribution >= 4 is 0 Å². The fraction of sp³-hybridized carbons (Fsp3) is 0.583. The summed E-state index contributed by atoms with van der Waals surface area (Å²) in [6.07, 6.45) is 1.78. The number of pyridine rings is 1. The fourth-order valence-electron chi connectivity index (χ4n) is 2.14. The lowest BCUT2D eigenvalue weighted by Crippen LogP contribution is -2.46. The molecule has 1 aliphatic rings. The molecule has 0 radical (unpaired) electrons. The monoisotopic (exact) mass is 237 g/mol. The number of aliphatic hydroxyl groups excluding tert-OH is 1. The number of hydrogen-bond donors (Lipinski definition) is 2. The zero-order chi connectivity index (χ0) is 12.1. The van der Waals surface area contributed by atoms with Crippen LogP contribution in [0.2, 0.25) is 0 Å². The molecule has 1 fully saturated rings. The Kier molecular flexibility index (Phi) is 4.30.